The highest BCUT2D eigenvalue weighted by atomic mass is 16.2. The smallest absolute Gasteiger partial charge is 0.257 e. The summed E-state index contributed by atoms with van der Waals surface area (Å²) in [4.78, 5) is 18.7. The molecule has 1 saturated heterocycles. The summed E-state index contributed by atoms with van der Waals surface area (Å²) in [5.74, 6) is 0.720. The lowest BCUT2D eigenvalue weighted by Gasteiger charge is -2.31. The maximum Gasteiger partial charge on any atom is 0.257 e. The van der Waals surface area contributed by atoms with Crippen LogP contribution >= 0.6 is 0 Å². The minimum Gasteiger partial charge on any atom is -0.339 e. The Hall–Kier alpha value is -2.17. The van der Waals surface area contributed by atoms with Gasteiger partial charge in [-0.25, -0.2) is 0 Å². The number of rotatable bonds is 3. The maximum atomic E-state index is 12.3. The molecule has 0 aliphatic carbocycles. The van der Waals surface area contributed by atoms with Crippen LogP contribution in [0.3, 0.4) is 0 Å². The fraction of sp³-hybridized carbons (Fsp3) is 0.438. The van der Waals surface area contributed by atoms with Gasteiger partial charge < -0.3 is 4.90 Å². The Morgan fingerprint density at radius 3 is 2.76 bits per heavy atom. The van der Waals surface area contributed by atoms with Gasteiger partial charge in [0.1, 0.15) is 0 Å². The van der Waals surface area contributed by atoms with Crippen LogP contribution in [0.15, 0.2) is 36.8 Å². The van der Waals surface area contributed by atoms with Gasteiger partial charge >= 0.3 is 0 Å². The van der Waals surface area contributed by atoms with Gasteiger partial charge in [-0.05, 0) is 37.3 Å². The van der Waals surface area contributed by atoms with Gasteiger partial charge in [0, 0.05) is 38.2 Å². The molecule has 1 aliphatic rings. The summed E-state index contributed by atoms with van der Waals surface area (Å²) >= 11 is 0. The summed E-state index contributed by atoms with van der Waals surface area (Å²) in [5.41, 5.74) is 1.83. The summed E-state index contributed by atoms with van der Waals surface area (Å²) in [6.45, 7) is 1.65. The van der Waals surface area contributed by atoms with Crippen molar-refractivity contribution in [1.82, 2.24) is 19.7 Å². The summed E-state index contributed by atoms with van der Waals surface area (Å²) < 4.78 is 1.67. The zero-order valence-corrected chi connectivity index (χ0v) is 12.3. The van der Waals surface area contributed by atoms with E-state index in [9.17, 15) is 4.79 Å². The molecule has 21 heavy (non-hydrogen) atoms. The van der Waals surface area contributed by atoms with Crippen LogP contribution < -0.4 is 0 Å². The van der Waals surface area contributed by atoms with Crippen molar-refractivity contribution in [1.29, 1.82) is 0 Å². The number of carbonyl (C=O) groups is 1. The zero-order chi connectivity index (χ0) is 14.7. The number of carbonyl (C=O) groups excluding carboxylic acids is 1. The van der Waals surface area contributed by atoms with E-state index in [1.165, 1.54) is 0 Å². The molecular formula is C16H20N4O. The van der Waals surface area contributed by atoms with Gasteiger partial charge in [-0.2, -0.15) is 5.10 Å². The third-order valence-electron chi connectivity index (χ3n) is 4.08. The quantitative estimate of drug-likeness (QED) is 0.865. The molecule has 2 aromatic heterocycles. The van der Waals surface area contributed by atoms with Crippen LogP contribution in [0.25, 0.3) is 0 Å². The van der Waals surface area contributed by atoms with E-state index in [1.54, 1.807) is 17.1 Å². The van der Waals surface area contributed by atoms with Crippen LogP contribution in [0.5, 0.6) is 0 Å². The SMILES string of the molecule is Cn1cc(C(=O)N2CCC(Cc3ccccn3)CC2)cn1. The molecule has 0 saturated carbocycles. The first-order valence-corrected chi connectivity index (χ1v) is 7.40. The number of pyridine rings is 1. The van der Waals surface area contributed by atoms with Crippen LogP contribution in [0.4, 0.5) is 0 Å². The van der Waals surface area contributed by atoms with Crippen molar-refractivity contribution in [3.63, 3.8) is 0 Å². The Bertz CT molecular complexity index is 600. The van der Waals surface area contributed by atoms with E-state index in [4.69, 9.17) is 0 Å². The van der Waals surface area contributed by atoms with Crippen molar-refractivity contribution in [3.8, 4) is 0 Å². The Morgan fingerprint density at radius 1 is 1.33 bits per heavy atom. The van der Waals surface area contributed by atoms with Crippen molar-refractivity contribution in [3.05, 3.63) is 48.0 Å². The highest BCUT2D eigenvalue weighted by Crippen LogP contribution is 2.22. The molecule has 1 amide bonds. The van der Waals surface area contributed by atoms with Crippen LogP contribution in [-0.2, 0) is 13.5 Å². The molecule has 1 fully saturated rings. The molecule has 0 radical (unpaired) electrons. The van der Waals surface area contributed by atoms with Gasteiger partial charge in [0.15, 0.2) is 0 Å². The molecule has 0 unspecified atom stereocenters. The molecule has 3 heterocycles. The average molecular weight is 284 g/mol. The number of aromatic nitrogens is 3. The predicted octanol–water partition coefficient (Wildman–Crippen LogP) is 1.91. The van der Waals surface area contributed by atoms with E-state index in [-0.39, 0.29) is 5.91 Å². The van der Waals surface area contributed by atoms with Gasteiger partial charge in [0.2, 0.25) is 0 Å². The van der Waals surface area contributed by atoms with E-state index in [1.807, 2.05) is 30.3 Å². The Labute approximate surface area is 124 Å². The second-order valence-corrected chi connectivity index (χ2v) is 5.66. The third-order valence-corrected chi connectivity index (χ3v) is 4.08. The van der Waals surface area contributed by atoms with Crippen LogP contribution in [0, 0.1) is 5.92 Å². The van der Waals surface area contributed by atoms with Crippen molar-refractivity contribution >= 4 is 5.91 Å². The monoisotopic (exact) mass is 284 g/mol. The molecule has 1 aliphatic heterocycles. The van der Waals surface area contributed by atoms with Crippen molar-refractivity contribution in [2.75, 3.05) is 13.1 Å². The fourth-order valence-corrected chi connectivity index (χ4v) is 2.87. The summed E-state index contributed by atoms with van der Waals surface area (Å²) in [6, 6.07) is 6.05. The maximum absolute atomic E-state index is 12.3. The summed E-state index contributed by atoms with van der Waals surface area (Å²) in [6.07, 6.45) is 8.36. The highest BCUT2D eigenvalue weighted by Gasteiger charge is 2.24. The molecule has 5 heteroatoms. The van der Waals surface area contributed by atoms with E-state index >= 15 is 0 Å². The van der Waals surface area contributed by atoms with E-state index in [2.05, 4.69) is 16.1 Å². The zero-order valence-electron chi connectivity index (χ0n) is 12.3. The minimum atomic E-state index is 0.0967. The van der Waals surface area contributed by atoms with Crippen molar-refractivity contribution < 1.29 is 4.79 Å². The standard InChI is InChI=1S/C16H20N4O/c1-19-12-14(11-18-19)16(21)20-8-5-13(6-9-20)10-15-4-2-3-7-17-15/h2-4,7,11-13H,5-6,8-10H2,1H3. The summed E-state index contributed by atoms with van der Waals surface area (Å²) in [5, 5.41) is 4.06. The fourth-order valence-electron chi connectivity index (χ4n) is 2.87. The molecule has 0 spiro atoms. The van der Waals surface area contributed by atoms with Gasteiger partial charge in [-0.1, -0.05) is 6.07 Å². The number of aryl methyl sites for hydroxylation is 1. The van der Waals surface area contributed by atoms with Gasteiger partial charge in [-0.3, -0.25) is 14.5 Å². The lowest BCUT2D eigenvalue weighted by atomic mass is 9.92. The molecule has 2 aromatic rings. The predicted molar refractivity (Wildman–Crippen MR) is 79.8 cm³/mol. The first-order chi connectivity index (χ1) is 10.2. The van der Waals surface area contributed by atoms with Crippen molar-refractivity contribution in [2.45, 2.75) is 19.3 Å². The Balaban J connectivity index is 1.54. The molecular weight excluding hydrogens is 264 g/mol. The third kappa shape index (κ3) is 3.29. The first-order valence-electron chi connectivity index (χ1n) is 7.40. The van der Waals surface area contributed by atoms with E-state index in [0.717, 1.165) is 38.0 Å². The van der Waals surface area contributed by atoms with Crippen LogP contribution in [-0.4, -0.2) is 38.7 Å². The topological polar surface area (TPSA) is 51.0 Å². The highest BCUT2D eigenvalue weighted by molar-refractivity contribution is 5.93. The Kier molecular flexibility index (Phi) is 3.99. The molecule has 0 aromatic carbocycles. The lowest BCUT2D eigenvalue weighted by molar-refractivity contribution is 0.0690. The van der Waals surface area contributed by atoms with Gasteiger partial charge in [0.25, 0.3) is 5.91 Å². The number of piperidine rings is 1. The lowest BCUT2D eigenvalue weighted by Crippen LogP contribution is -2.38. The molecule has 0 bridgehead atoms. The number of hydrogen-bond donors (Lipinski definition) is 0. The minimum absolute atomic E-state index is 0.0967. The number of likely N-dealkylation sites (tertiary alicyclic amines) is 1. The summed E-state index contributed by atoms with van der Waals surface area (Å²) in [7, 11) is 1.83. The van der Waals surface area contributed by atoms with Gasteiger partial charge in [0.05, 0.1) is 11.8 Å². The van der Waals surface area contributed by atoms with Gasteiger partial charge in [-0.15, -0.1) is 0 Å². The second-order valence-electron chi connectivity index (χ2n) is 5.66. The molecule has 3 rings (SSSR count). The second kappa shape index (κ2) is 6.08. The molecule has 5 nitrogen and oxygen atoms in total. The first kappa shape index (κ1) is 13.8. The average Bonchev–Trinajstić information content (AvgIpc) is 2.95. The van der Waals surface area contributed by atoms with E-state index < -0.39 is 0 Å². The molecule has 0 N–H and O–H groups in total. The largest absolute Gasteiger partial charge is 0.339 e. The van der Waals surface area contributed by atoms with E-state index in [0.29, 0.717) is 11.5 Å². The van der Waals surface area contributed by atoms with Crippen molar-refractivity contribution in [2.24, 2.45) is 13.0 Å². The number of hydrogen-bond acceptors (Lipinski definition) is 3. The van der Waals surface area contributed by atoms with Crippen LogP contribution in [0.2, 0.25) is 0 Å². The normalized spacial score (nSPS) is 16.1. The molecule has 110 valence electrons. The number of amides is 1. The van der Waals surface area contributed by atoms with Crippen LogP contribution in [0.1, 0.15) is 28.9 Å². The molecule has 0 atom stereocenters. The number of nitrogens with zero attached hydrogens (tertiary/aromatic N) is 4. The Morgan fingerprint density at radius 2 is 2.14 bits per heavy atom.